The Kier molecular flexibility index (Phi) is 8.58. The summed E-state index contributed by atoms with van der Waals surface area (Å²) in [4.78, 5) is 4.95. The van der Waals surface area contributed by atoms with Crippen LogP contribution in [0.4, 0.5) is 34.1 Å². The standard InChI is InChI=1S/C72H51N3/c1-71(2)63-22-12-9-19-55(63)57-34-31-52(41-65(57)71)73(49-28-25-44-15-5-7-17-46(44)37-49)51-30-27-48-39-62-59-36-33-54(43-68(59)75-67-24-14-11-21-60(67)69(70(62)75)61(48)40-51)74(50-29-26-45-16-6-8-18-47(45)38-50)53-32-35-58-56-20-10-13-23-64(56)72(3,4)66(58)42-53/h5-43H,1-4H3. The van der Waals surface area contributed by atoms with Crippen molar-refractivity contribution < 1.29 is 0 Å². The molecule has 75 heavy (non-hydrogen) atoms. The van der Waals surface area contributed by atoms with Crippen molar-refractivity contribution in [3.8, 4) is 22.3 Å². The Morgan fingerprint density at radius 2 is 0.720 bits per heavy atom. The van der Waals surface area contributed by atoms with Gasteiger partial charge >= 0.3 is 0 Å². The van der Waals surface area contributed by atoms with Crippen LogP contribution in [0.3, 0.4) is 0 Å². The fourth-order valence-electron chi connectivity index (χ4n) is 13.7. The molecule has 3 heteroatoms. The van der Waals surface area contributed by atoms with Gasteiger partial charge in [0.2, 0.25) is 0 Å². The molecule has 3 nitrogen and oxygen atoms in total. The average Bonchev–Trinajstić information content (AvgIpc) is 4.18. The van der Waals surface area contributed by atoms with Crippen molar-refractivity contribution in [1.29, 1.82) is 0 Å². The van der Waals surface area contributed by atoms with Crippen LogP contribution in [0.15, 0.2) is 237 Å². The van der Waals surface area contributed by atoms with Crippen molar-refractivity contribution >= 4 is 105 Å². The summed E-state index contributed by atoms with van der Waals surface area (Å²) in [6, 6.07) is 89.1. The third kappa shape index (κ3) is 5.92. The maximum absolute atomic E-state index is 2.55. The quantitative estimate of drug-likeness (QED) is 0.164. The van der Waals surface area contributed by atoms with Gasteiger partial charge in [0.15, 0.2) is 0 Å². The summed E-state index contributed by atoms with van der Waals surface area (Å²) in [5, 5.41) is 12.4. The molecule has 0 N–H and O–H groups in total. The van der Waals surface area contributed by atoms with Gasteiger partial charge in [0, 0.05) is 66.5 Å². The van der Waals surface area contributed by atoms with Crippen LogP contribution in [0.1, 0.15) is 49.9 Å². The van der Waals surface area contributed by atoms with E-state index in [4.69, 9.17) is 0 Å². The van der Waals surface area contributed by atoms with E-state index in [1.807, 2.05) is 0 Å². The molecule has 0 spiro atoms. The molecule has 354 valence electrons. The second-order valence-corrected chi connectivity index (χ2v) is 22.1. The predicted molar refractivity (Wildman–Crippen MR) is 318 cm³/mol. The van der Waals surface area contributed by atoms with Gasteiger partial charge in [-0.25, -0.2) is 0 Å². The van der Waals surface area contributed by atoms with Gasteiger partial charge in [-0.15, -0.1) is 0 Å². The first-order valence-electron chi connectivity index (χ1n) is 26.4. The zero-order valence-corrected chi connectivity index (χ0v) is 42.4. The van der Waals surface area contributed by atoms with Crippen molar-refractivity contribution in [2.45, 2.75) is 38.5 Å². The summed E-state index contributed by atoms with van der Waals surface area (Å²) < 4.78 is 2.55. The summed E-state index contributed by atoms with van der Waals surface area (Å²) >= 11 is 0. The minimum Gasteiger partial charge on any atom is -0.310 e. The number of anilines is 6. The fourth-order valence-corrected chi connectivity index (χ4v) is 13.7. The SMILES string of the molecule is CC1(C)c2ccccc2-c2ccc(N(c3ccc4ccccc4c3)c3ccc4cc5c6ccc(N(c7ccc8c(c7)C(C)(C)c7ccccc7-8)c7ccc8ccccc8c7)cc6n6c7ccccc7c(c4c3)c56)cc21. The van der Waals surface area contributed by atoms with Gasteiger partial charge in [0.05, 0.1) is 16.6 Å². The molecular formula is C72H51N3. The van der Waals surface area contributed by atoms with Crippen LogP contribution in [0.25, 0.3) is 92.7 Å². The normalized spacial score (nSPS) is 14.1. The lowest BCUT2D eigenvalue weighted by atomic mass is 9.82. The third-order valence-corrected chi connectivity index (χ3v) is 17.4. The molecular weight excluding hydrogens is 907 g/mol. The highest BCUT2D eigenvalue weighted by molar-refractivity contribution is 6.32. The largest absolute Gasteiger partial charge is 0.310 e. The number of nitrogens with zero attached hydrogens (tertiary/aromatic N) is 3. The first-order valence-corrected chi connectivity index (χ1v) is 26.4. The van der Waals surface area contributed by atoms with E-state index in [2.05, 4.69) is 278 Å². The van der Waals surface area contributed by atoms with E-state index >= 15 is 0 Å². The summed E-state index contributed by atoms with van der Waals surface area (Å²) in [6.45, 7) is 9.49. The molecule has 0 radical (unpaired) electrons. The number of hydrogen-bond acceptors (Lipinski definition) is 2. The van der Waals surface area contributed by atoms with Crippen LogP contribution >= 0.6 is 0 Å². The lowest BCUT2D eigenvalue weighted by Gasteiger charge is -2.28. The van der Waals surface area contributed by atoms with Crippen LogP contribution < -0.4 is 9.80 Å². The summed E-state index contributed by atoms with van der Waals surface area (Å²) in [5.74, 6) is 0. The number of hydrogen-bond donors (Lipinski definition) is 0. The van der Waals surface area contributed by atoms with Gasteiger partial charge < -0.3 is 14.2 Å². The van der Waals surface area contributed by atoms with Crippen LogP contribution in [0, 0.1) is 0 Å². The van der Waals surface area contributed by atoms with E-state index in [-0.39, 0.29) is 10.8 Å². The Morgan fingerprint density at radius 3 is 1.32 bits per heavy atom. The summed E-state index contributed by atoms with van der Waals surface area (Å²) in [6.07, 6.45) is 0. The van der Waals surface area contributed by atoms with Crippen molar-refractivity contribution in [3.05, 3.63) is 259 Å². The maximum atomic E-state index is 2.55. The van der Waals surface area contributed by atoms with E-state index in [9.17, 15) is 0 Å². The maximum Gasteiger partial charge on any atom is 0.0627 e. The first kappa shape index (κ1) is 42.3. The van der Waals surface area contributed by atoms with Gasteiger partial charge in [-0.1, -0.05) is 179 Å². The number of aromatic nitrogens is 1. The molecule has 0 saturated carbocycles. The average molecular weight is 958 g/mol. The number of fused-ring (bicyclic) bond motifs is 16. The highest BCUT2D eigenvalue weighted by Crippen LogP contribution is 2.54. The Bertz CT molecular complexity index is 4530. The molecule has 2 aromatic heterocycles. The van der Waals surface area contributed by atoms with Crippen LogP contribution in [0.5, 0.6) is 0 Å². The van der Waals surface area contributed by atoms with Crippen LogP contribution in [-0.2, 0) is 10.8 Å². The molecule has 0 saturated heterocycles. The molecule has 0 amide bonds. The first-order chi connectivity index (χ1) is 36.7. The molecule has 2 heterocycles. The minimum atomic E-state index is -0.134. The molecule has 0 fully saturated rings. The van der Waals surface area contributed by atoms with Crippen molar-refractivity contribution in [2.75, 3.05) is 9.80 Å². The van der Waals surface area contributed by atoms with Crippen molar-refractivity contribution in [3.63, 3.8) is 0 Å². The molecule has 2 aliphatic rings. The smallest absolute Gasteiger partial charge is 0.0627 e. The van der Waals surface area contributed by atoms with Crippen LogP contribution in [0.2, 0.25) is 0 Å². The zero-order valence-electron chi connectivity index (χ0n) is 42.4. The van der Waals surface area contributed by atoms with Gasteiger partial charge in [-0.05, 0) is 162 Å². The number of para-hydroxylation sites is 1. The Labute approximate surface area is 436 Å². The topological polar surface area (TPSA) is 10.9 Å². The van der Waals surface area contributed by atoms with Crippen molar-refractivity contribution in [2.24, 2.45) is 0 Å². The van der Waals surface area contributed by atoms with Gasteiger partial charge in [0.25, 0.3) is 0 Å². The number of benzene rings is 12. The highest BCUT2D eigenvalue weighted by atomic mass is 15.1. The van der Waals surface area contributed by atoms with E-state index in [0.717, 1.165) is 34.1 Å². The Hall–Kier alpha value is -9.18. The molecule has 0 unspecified atom stereocenters. The fraction of sp³-hybridized carbons (Fsp3) is 0.0833. The molecule has 16 rings (SSSR count). The monoisotopic (exact) mass is 957 g/mol. The Morgan fingerprint density at radius 1 is 0.280 bits per heavy atom. The minimum absolute atomic E-state index is 0.133. The summed E-state index contributed by atoms with van der Waals surface area (Å²) in [7, 11) is 0. The second-order valence-electron chi connectivity index (χ2n) is 22.1. The summed E-state index contributed by atoms with van der Waals surface area (Å²) in [5.41, 5.74) is 21.0. The lowest BCUT2D eigenvalue weighted by molar-refractivity contribution is 0.660. The van der Waals surface area contributed by atoms with E-state index in [0.29, 0.717) is 0 Å². The van der Waals surface area contributed by atoms with Crippen LogP contribution in [-0.4, -0.2) is 4.40 Å². The molecule has 0 bridgehead atoms. The predicted octanol–water partition coefficient (Wildman–Crippen LogP) is 19.8. The number of rotatable bonds is 6. The molecule has 14 aromatic rings. The molecule has 0 atom stereocenters. The van der Waals surface area contributed by atoms with Crippen molar-refractivity contribution in [1.82, 2.24) is 4.40 Å². The van der Waals surface area contributed by atoms with Gasteiger partial charge in [0.1, 0.15) is 0 Å². The Balaban J connectivity index is 0.909. The van der Waals surface area contributed by atoms with Gasteiger partial charge in [-0.3, -0.25) is 0 Å². The van der Waals surface area contributed by atoms with E-state index < -0.39 is 0 Å². The van der Waals surface area contributed by atoms with Gasteiger partial charge in [-0.2, -0.15) is 0 Å². The zero-order chi connectivity index (χ0) is 49.9. The lowest BCUT2D eigenvalue weighted by Crippen LogP contribution is -2.16. The molecule has 12 aromatic carbocycles. The van der Waals surface area contributed by atoms with E-state index in [1.54, 1.807) is 0 Å². The second kappa shape index (κ2) is 15.2. The molecule has 0 aliphatic heterocycles. The van der Waals surface area contributed by atoms with E-state index in [1.165, 1.54) is 115 Å². The third-order valence-electron chi connectivity index (χ3n) is 17.4. The molecule has 2 aliphatic carbocycles. The highest BCUT2D eigenvalue weighted by Gasteiger charge is 2.37.